The fourth-order valence-electron chi connectivity index (χ4n) is 3.32. The number of hydrogen-bond acceptors (Lipinski definition) is 7. The number of rotatable bonds is 7. The third kappa shape index (κ3) is 5.82. The van der Waals surface area contributed by atoms with Crippen LogP contribution in [0.5, 0.6) is 5.75 Å². The number of carbonyl (C=O) groups is 2. The Morgan fingerprint density at radius 1 is 0.971 bits per heavy atom. The average Bonchev–Trinajstić information content (AvgIpc) is 2.86. The molecule has 1 aromatic heterocycles. The Kier molecular flexibility index (Phi) is 7.37. The normalized spacial score (nSPS) is 11.3. The third-order valence-electron chi connectivity index (χ3n) is 4.97. The highest BCUT2D eigenvalue weighted by Gasteiger charge is 2.14. The van der Waals surface area contributed by atoms with Gasteiger partial charge in [0.2, 0.25) is 0 Å². The lowest BCUT2D eigenvalue weighted by Gasteiger charge is -2.13. The molecule has 9 heteroatoms. The molecule has 35 heavy (non-hydrogen) atoms. The second-order valence-corrected chi connectivity index (χ2v) is 8.47. The molecule has 0 unspecified atom stereocenters. The topological polar surface area (TPSA) is 103 Å². The number of thioether (sulfide) groups is 1. The summed E-state index contributed by atoms with van der Waals surface area (Å²) in [5.74, 6) is -0.291. The number of hydrazone groups is 1. The first-order chi connectivity index (χ1) is 16.9. The van der Waals surface area contributed by atoms with E-state index in [1.54, 1.807) is 49.4 Å². The minimum Gasteiger partial charge on any atom is -0.427 e. The summed E-state index contributed by atoms with van der Waals surface area (Å²) in [4.78, 5) is 41.4. The molecule has 0 aliphatic rings. The zero-order valence-corrected chi connectivity index (χ0v) is 19.9. The quantitative estimate of drug-likeness (QED) is 0.106. The van der Waals surface area contributed by atoms with Crippen LogP contribution in [0.15, 0.2) is 93.9 Å². The van der Waals surface area contributed by atoms with Crippen molar-refractivity contribution < 1.29 is 14.3 Å². The minimum absolute atomic E-state index is 0.0137. The van der Waals surface area contributed by atoms with Crippen molar-refractivity contribution in [3.63, 3.8) is 0 Å². The molecule has 8 nitrogen and oxygen atoms in total. The van der Waals surface area contributed by atoms with Crippen molar-refractivity contribution in [3.05, 3.63) is 94.8 Å². The first-order valence-corrected chi connectivity index (χ1v) is 11.7. The molecule has 0 bridgehead atoms. The van der Waals surface area contributed by atoms with Crippen LogP contribution in [0.2, 0.25) is 0 Å². The van der Waals surface area contributed by atoms with Crippen molar-refractivity contribution in [1.29, 1.82) is 0 Å². The van der Waals surface area contributed by atoms with Crippen LogP contribution >= 0.6 is 11.8 Å². The summed E-state index contributed by atoms with van der Waals surface area (Å²) in [6.45, 7) is 3.09. The number of aromatic nitrogens is 2. The third-order valence-corrected chi connectivity index (χ3v) is 5.91. The van der Waals surface area contributed by atoms with Gasteiger partial charge in [0.05, 0.1) is 28.1 Å². The number of esters is 1. The van der Waals surface area contributed by atoms with Crippen LogP contribution in [-0.4, -0.2) is 32.9 Å². The molecule has 4 rings (SSSR count). The number of hydrogen-bond donors (Lipinski definition) is 1. The SMILES string of the molecule is CC(=O)Oc1ccc(/C(C)=N\NC(=O)CSc2nc3ccccc3c(=O)n2-c2ccccc2)cc1. The lowest BCUT2D eigenvalue weighted by Crippen LogP contribution is -2.24. The molecule has 1 heterocycles. The Balaban J connectivity index is 1.50. The van der Waals surface area contributed by atoms with Crippen molar-refractivity contribution in [3.8, 4) is 11.4 Å². The van der Waals surface area contributed by atoms with Gasteiger partial charge in [0.15, 0.2) is 5.16 Å². The van der Waals surface area contributed by atoms with Gasteiger partial charge < -0.3 is 4.74 Å². The molecular weight excluding hydrogens is 464 g/mol. The molecule has 176 valence electrons. The fraction of sp³-hybridized carbons (Fsp3) is 0.115. The molecule has 3 aromatic carbocycles. The molecule has 0 aliphatic carbocycles. The van der Waals surface area contributed by atoms with Crippen LogP contribution in [0.4, 0.5) is 0 Å². The van der Waals surface area contributed by atoms with E-state index in [4.69, 9.17) is 4.74 Å². The van der Waals surface area contributed by atoms with Gasteiger partial charge in [0.25, 0.3) is 11.5 Å². The van der Waals surface area contributed by atoms with Gasteiger partial charge in [-0.1, -0.05) is 42.1 Å². The van der Waals surface area contributed by atoms with E-state index < -0.39 is 5.97 Å². The maximum atomic E-state index is 13.2. The molecule has 1 N–H and O–H groups in total. The summed E-state index contributed by atoms with van der Waals surface area (Å²) < 4.78 is 6.53. The molecular formula is C26H22N4O4S. The molecule has 0 saturated heterocycles. The average molecular weight is 487 g/mol. The molecule has 0 radical (unpaired) electrons. The predicted molar refractivity (Wildman–Crippen MR) is 136 cm³/mol. The second-order valence-electron chi connectivity index (χ2n) is 7.53. The van der Waals surface area contributed by atoms with E-state index in [9.17, 15) is 14.4 Å². The van der Waals surface area contributed by atoms with Crippen LogP contribution in [0, 0.1) is 0 Å². The molecule has 4 aromatic rings. The predicted octanol–water partition coefficient (Wildman–Crippen LogP) is 3.94. The zero-order chi connectivity index (χ0) is 24.8. The van der Waals surface area contributed by atoms with Gasteiger partial charge in [-0.2, -0.15) is 5.10 Å². The van der Waals surface area contributed by atoms with E-state index in [1.165, 1.54) is 11.5 Å². The van der Waals surface area contributed by atoms with Crippen LogP contribution < -0.4 is 15.7 Å². The molecule has 0 atom stereocenters. The Morgan fingerprint density at radius 3 is 2.37 bits per heavy atom. The summed E-state index contributed by atoms with van der Waals surface area (Å²) in [5, 5.41) is 5.07. The maximum Gasteiger partial charge on any atom is 0.308 e. The monoisotopic (exact) mass is 486 g/mol. The standard InChI is InChI=1S/C26H22N4O4S/c1-17(19-12-14-21(15-13-19)34-18(2)31)28-29-24(32)16-35-26-27-23-11-7-6-10-22(23)25(33)30(26)20-8-4-3-5-9-20/h3-15H,16H2,1-2H3,(H,29,32)/b28-17-. The lowest BCUT2D eigenvalue weighted by molar-refractivity contribution is -0.131. The minimum atomic E-state index is -0.397. The number of ether oxygens (including phenoxy) is 1. The number of nitrogens with one attached hydrogen (secondary N) is 1. The highest BCUT2D eigenvalue weighted by Crippen LogP contribution is 2.21. The first kappa shape index (κ1) is 23.9. The van der Waals surface area contributed by atoms with Crippen molar-refractivity contribution in [1.82, 2.24) is 15.0 Å². The van der Waals surface area contributed by atoms with Crippen molar-refractivity contribution in [2.45, 2.75) is 19.0 Å². The molecule has 0 spiro atoms. The number of carbonyl (C=O) groups excluding carboxylic acids is 2. The number of amides is 1. The second kappa shape index (κ2) is 10.8. The number of benzene rings is 3. The van der Waals surface area contributed by atoms with E-state index in [0.29, 0.717) is 33.2 Å². The van der Waals surface area contributed by atoms with Crippen molar-refractivity contribution in [2.24, 2.45) is 5.10 Å². The first-order valence-electron chi connectivity index (χ1n) is 10.7. The molecule has 0 saturated carbocycles. The summed E-state index contributed by atoms with van der Waals surface area (Å²) in [6.07, 6.45) is 0. The van der Waals surface area contributed by atoms with Gasteiger partial charge in [-0.3, -0.25) is 19.0 Å². The summed E-state index contributed by atoms with van der Waals surface area (Å²) in [5.41, 5.74) is 4.93. The van der Waals surface area contributed by atoms with E-state index in [0.717, 1.165) is 17.3 Å². The maximum absolute atomic E-state index is 13.2. The Morgan fingerprint density at radius 2 is 1.66 bits per heavy atom. The lowest BCUT2D eigenvalue weighted by atomic mass is 10.1. The fourth-order valence-corrected chi connectivity index (χ4v) is 4.12. The summed E-state index contributed by atoms with van der Waals surface area (Å²) in [6, 6.07) is 23.1. The van der Waals surface area contributed by atoms with Gasteiger partial charge in [-0.25, -0.2) is 10.4 Å². The number of para-hydroxylation sites is 2. The summed E-state index contributed by atoms with van der Waals surface area (Å²) in [7, 11) is 0. The number of nitrogens with zero attached hydrogens (tertiary/aromatic N) is 3. The van der Waals surface area contributed by atoms with E-state index in [1.807, 2.05) is 36.4 Å². The molecule has 1 amide bonds. The van der Waals surface area contributed by atoms with E-state index in [2.05, 4.69) is 15.5 Å². The highest BCUT2D eigenvalue weighted by molar-refractivity contribution is 7.99. The Labute approximate surface area is 205 Å². The van der Waals surface area contributed by atoms with E-state index >= 15 is 0 Å². The molecule has 0 fully saturated rings. The van der Waals surface area contributed by atoms with Crippen molar-refractivity contribution in [2.75, 3.05) is 5.75 Å². The largest absolute Gasteiger partial charge is 0.427 e. The van der Waals surface area contributed by atoms with Crippen LogP contribution in [-0.2, 0) is 9.59 Å². The Bertz CT molecular complexity index is 1460. The molecule has 0 aliphatic heterocycles. The summed E-state index contributed by atoms with van der Waals surface area (Å²) >= 11 is 1.16. The van der Waals surface area contributed by atoms with Gasteiger partial charge in [0, 0.05) is 6.92 Å². The van der Waals surface area contributed by atoms with Crippen molar-refractivity contribution >= 4 is 40.3 Å². The van der Waals surface area contributed by atoms with E-state index in [-0.39, 0.29) is 17.2 Å². The smallest absolute Gasteiger partial charge is 0.308 e. The highest BCUT2D eigenvalue weighted by atomic mass is 32.2. The van der Waals surface area contributed by atoms with Crippen LogP contribution in [0.3, 0.4) is 0 Å². The zero-order valence-electron chi connectivity index (χ0n) is 19.1. The Hall–Kier alpha value is -4.24. The van der Waals surface area contributed by atoms with Gasteiger partial charge in [0.1, 0.15) is 5.75 Å². The number of fused-ring (bicyclic) bond motifs is 1. The van der Waals surface area contributed by atoms with Gasteiger partial charge in [-0.15, -0.1) is 0 Å². The van der Waals surface area contributed by atoms with Gasteiger partial charge >= 0.3 is 5.97 Å². The van der Waals surface area contributed by atoms with Crippen LogP contribution in [0.1, 0.15) is 19.4 Å². The van der Waals surface area contributed by atoms with Crippen LogP contribution in [0.25, 0.3) is 16.6 Å². The van der Waals surface area contributed by atoms with Gasteiger partial charge in [-0.05, 0) is 61.0 Å².